The molecule has 2 N–H and O–H groups in total. The van der Waals surface area contributed by atoms with E-state index in [0.29, 0.717) is 38.6 Å². The highest BCUT2D eigenvalue weighted by Gasteiger charge is 2.52. The zero-order valence-corrected chi connectivity index (χ0v) is 28.0. The van der Waals surface area contributed by atoms with Gasteiger partial charge in [0.2, 0.25) is 0 Å². The van der Waals surface area contributed by atoms with Crippen LogP contribution in [0, 0.1) is 17.2 Å². The molecule has 2 amide bonds. The summed E-state index contributed by atoms with van der Waals surface area (Å²) in [6.07, 6.45) is 6.12. The zero-order chi connectivity index (χ0) is 31.5. The average molecular weight is 714 g/mol. The van der Waals surface area contributed by atoms with E-state index < -0.39 is 5.66 Å². The summed E-state index contributed by atoms with van der Waals surface area (Å²) in [6.45, 7) is 9.15. The highest BCUT2D eigenvalue weighted by molar-refractivity contribution is 14.1. The van der Waals surface area contributed by atoms with Crippen molar-refractivity contribution in [3.05, 3.63) is 76.4 Å². The number of carbonyl (C=O) groups is 2. The minimum atomic E-state index is -0.689. The van der Waals surface area contributed by atoms with Gasteiger partial charge in [0.25, 0.3) is 11.8 Å². The SMILES string of the molecule is CCCC[C@H](c1ccc(C(=O)NCc2nn[nH]n2)cc1)N1C(=O)C(c2ccc(CI)c(F)c2)=NC12CCC(C(C)(C)C)CC2. The fourth-order valence-corrected chi connectivity index (χ4v) is 7.17. The van der Waals surface area contributed by atoms with Crippen molar-refractivity contribution >= 4 is 40.1 Å². The molecule has 2 aromatic carbocycles. The summed E-state index contributed by atoms with van der Waals surface area (Å²) in [5, 5.41) is 16.4. The number of aliphatic imine (C=N–C) groups is 1. The van der Waals surface area contributed by atoms with E-state index in [1.165, 1.54) is 6.07 Å². The molecule has 0 unspecified atom stereocenters. The van der Waals surface area contributed by atoms with Crippen LogP contribution in [-0.4, -0.2) is 48.7 Å². The first-order valence-electron chi connectivity index (χ1n) is 15.4. The Morgan fingerprint density at radius 3 is 2.50 bits per heavy atom. The second-order valence-corrected chi connectivity index (χ2v) is 13.8. The van der Waals surface area contributed by atoms with Crippen molar-refractivity contribution in [3.8, 4) is 0 Å². The molecular weight excluding hydrogens is 672 g/mol. The van der Waals surface area contributed by atoms with Crippen LogP contribution in [0.2, 0.25) is 0 Å². The molecule has 2 aliphatic rings. The number of aromatic amines is 1. The Labute approximate surface area is 272 Å². The van der Waals surface area contributed by atoms with Crippen molar-refractivity contribution in [2.45, 2.75) is 95.3 Å². The van der Waals surface area contributed by atoms with Gasteiger partial charge in [0, 0.05) is 15.6 Å². The molecule has 44 heavy (non-hydrogen) atoms. The zero-order valence-electron chi connectivity index (χ0n) is 25.9. The maximum atomic E-state index is 14.9. The van der Waals surface area contributed by atoms with Crippen molar-refractivity contribution in [1.82, 2.24) is 30.8 Å². The van der Waals surface area contributed by atoms with E-state index in [2.05, 4.69) is 76.2 Å². The predicted octanol–water partition coefficient (Wildman–Crippen LogP) is 6.70. The molecule has 0 bridgehead atoms. The minimum absolute atomic E-state index is 0.149. The molecule has 2 heterocycles. The Morgan fingerprint density at radius 1 is 1.18 bits per heavy atom. The molecular formula is C33H41FIN7O2. The monoisotopic (exact) mass is 713 g/mol. The van der Waals surface area contributed by atoms with Crippen LogP contribution in [0.5, 0.6) is 0 Å². The number of rotatable bonds is 10. The second kappa shape index (κ2) is 13.4. The number of hydrogen-bond acceptors (Lipinski definition) is 6. The van der Waals surface area contributed by atoms with Gasteiger partial charge in [-0.1, -0.05) is 92.6 Å². The lowest BCUT2D eigenvalue weighted by Gasteiger charge is -2.47. The first-order valence-corrected chi connectivity index (χ1v) is 17.0. The van der Waals surface area contributed by atoms with Crippen LogP contribution >= 0.6 is 22.6 Å². The summed E-state index contributed by atoms with van der Waals surface area (Å²) in [6, 6.07) is 12.3. The van der Waals surface area contributed by atoms with Crippen molar-refractivity contribution in [2.75, 3.05) is 0 Å². The number of tetrazole rings is 1. The Balaban J connectivity index is 1.48. The topological polar surface area (TPSA) is 116 Å². The van der Waals surface area contributed by atoms with Crippen LogP contribution in [-0.2, 0) is 15.8 Å². The fourth-order valence-electron chi connectivity index (χ4n) is 6.55. The molecule has 1 aromatic heterocycles. The third-order valence-electron chi connectivity index (χ3n) is 9.17. The van der Waals surface area contributed by atoms with Gasteiger partial charge in [0.15, 0.2) is 5.82 Å². The van der Waals surface area contributed by atoms with Crippen molar-refractivity contribution in [2.24, 2.45) is 16.3 Å². The number of aromatic nitrogens is 4. The van der Waals surface area contributed by atoms with Crippen LogP contribution in [0.1, 0.15) is 112 Å². The molecule has 1 fully saturated rings. The fraction of sp³-hybridized carbons (Fsp3) is 0.515. The lowest BCUT2D eigenvalue weighted by atomic mass is 9.69. The van der Waals surface area contributed by atoms with Gasteiger partial charge in [-0.15, -0.1) is 10.2 Å². The normalized spacial score (nSPS) is 21.0. The van der Waals surface area contributed by atoms with Gasteiger partial charge >= 0.3 is 0 Å². The number of amides is 2. The van der Waals surface area contributed by atoms with Gasteiger partial charge in [-0.05, 0) is 72.8 Å². The van der Waals surface area contributed by atoms with Gasteiger partial charge in [-0.2, -0.15) is 5.21 Å². The van der Waals surface area contributed by atoms with Gasteiger partial charge in [-0.25, -0.2) is 4.39 Å². The molecule has 234 valence electrons. The molecule has 1 aliphatic heterocycles. The first kappa shape index (κ1) is 32.2. The van der Waals surface area contributed by atoms with E-state index in [0.717, 1.165) is 50.5 Å². The number of hydrogen-bond donors (Lipinski definition) is 2. The van der Waals surface area contributed by atoms with Gasteiger partial charge < -0.3 is 10.2 Å². The number of halogens is 2. The minimum Gasteiger partial charge on any atom is -0.345 e. The Hall–Kier alpha value is -3.22. The number of carbonyl (C=O) groups excluding carboxylic acids is 2. The number of nitrogens with zero attached hydrogens (tertiary/aromatic N) is 5. The number of unbranched alkanes of at least 4 members (excludes halogenated alkanes) is 1. The van der Waals surface area contributed by atoms with Crippen molar-refractivity contribution in [3.63, 3.8) is 0 Å². The second-order valence-electron chi connectivity index (χ2n) is 13.0. The molecule has 3 aromatic rings. The third-order valence-corrected chi connectivity index (χ3v) is 9.99. The summed E-state index contributed by atoms with van der Waals surface area (Å²) in [5.41, 5.74) is 2.43. The molecule has 1 spiro atoms. The molecule has 0 saturated heterocycles. The van der Waals surface area contributed by atoms with Crippen LogP contribution in [0.4, 0.5) is 4.39 Å². The summed E-state index contributed by atoms with van der Waals surface area (Å²) < 4.78 is 15.5. The summed E-state index contributed by atoms with van der Waals surface area (Å²) in [7, 11) is 0. The Kier molecular flexibility index (Phi) is 9.81. The number of H-pyrrole nitrogens is 1. The van der Waals surface area contributed by atoms with Gasteiger partial charge in [0.1, 0.15) is 17.2 Å². The van der Waals surface area contributed by atoms with E-state index in [1.807, 2.05) is 23.1 Å². The van der Waals surface area contributed by atoms with Crippen LogP contribution in [0.25, 0.3) is 0 Å². The Bertz CT molecular complexity index is 1490. The van der Waals surface area contributed by atoms with Crippen molar-refractivity contribution in [1.29, 1.82) is 0 Å². The number of benzene rings is 2. The van der Waals surface area contributed by atoms with Gasteiger partial charge in [0.05, 0.1) is 12.6 Å². The van der Waals surface area contributed by atoms with Crippen LogP contribution < -0.4 is 5.32 Å². The van der Waals surface area contributed by atoms with Gasteiger partial charge in [-0.3, -0.25) is 14.6 Å². The van der Waals surface area contributed by atoms with Crippen LogP contribution in [0.3, 0.4) is 0 Å². The highest BCUT2D eigenvalue weighted by Crippen LogP contribution is 2.50. The molecule has 9 nitrogen and oxygen atoms in total. The molecule has 1 aliphatic carbocycles. The quantitative estimate of drug-likeness (QED) is 0.179. The van der Waals surface area contributed by atoms with Crippen molar-refractivity contribution < 1.29 is 14.0 Å². The van der Waals surface area contributed by atoms with Crippen LogP contribution in [0.15, 0.2) is 47.5 Å². The predicted molar refractivity (Wildman–Crippen MR) is 176 cm³/mol. The third kappa shape index (κ3) is 6.72. The first-order chi connectivity index (χ1) is 21.1. The summed E-state index contributed by atoms with van der Waals surface area (Å²) in [4.78, 5) is 34.5. The smallest absolute Gasteiger partial charge is 0.275 e. The lowest BCUT2D eigenvalue weighted by molar-refractivity contribution is -0.133. The maximum Gasteiger partial charge on any atom is 0.275 e. The largest absolute Gasteiger partial charge is 0.345 e. The molecule has 0 radical (unpaired) electrons. The standard InChI is InChI=1S/C33H41FIN7O2/c1-5-6-7-27(21-8-10-22(11-9-21)30(43)36-20-28-38-40-41-39-28)42-31(44)29(23-12-13-24(19-35)26(34)18-23)37-33(42)16-14-25(15-17-33)32(2,3)4/h8-13,18,25,27H,5-7,14-17,19-20H2,1-4H3,(H,36,43)(H,38,39,40,41)/t25?,27-,33?/m1/s1. The highest BCUT2D eigenvalue weighted by atomic mass is 127. The Morgan fingerprint density at radius 2 is 1.91 bits per heavy atom. The van der Waals surface area contributed by atoms with E-state index >= 15 is 0 Å². The van der Waals surface area contributed by atoms with E-state index in [1.54, 1.807) is 18.2 Å². The molecule has 1 atom stereocenters. The van der Waals surface area contributed by atoms with E-state index in [4.69, 9.17) is 4.99 Å². The number of alkyl halides is 1. The molecule has 1 saturated carbocycles. The molecule has 11 heteroatoms. The summed E-state index contributed by atoms with van der Waals surface area (Å²) in [5.74, 6) is 0.219. The molecule has 5 rings (SSSR count). The average Bonchev–Trinajstić information content (AvgIpc) is 3.63. The summed E-state index contributed by atoms with van der Waals surface area (Å²) >= 11 is 2.15. The number of nitrogens with one attached hydrogen (secondary N) is 2. The maximum absolute atomic E-state index is 14.9. The lowest BCUT2D eigenvalue weighted by Crippen LogP contribution is -2.51. The van der Waals surface area contributed by atoms with E-state index in [9.17, 15) is 14.0 Å². The van der Waals surface area contributed by atoms with E-state index in [-0.39, 0.29) is 35.6 Å².